The van der Waals surface area contributed by atoms with Crippen molar-refractivity contribution in [2.75, 3.05) is 0 Å². The Morgan fingerprint density at radius 2 is 2.05 bits per heavy atom. The number of nitrogens with one attached hydrogen (secondary N) is 1. The molecule has 3 rings (SSSR count). The molecule has 0 spiro atoms. The van der Waals surface area contributed by atoms with E-state index >= 15 is 0 Å². The van der Waals surface area contributed by atoms with Crippen LogP contribution in [0.25, 0.3) is 0 Å². The number of hydrogen-bond donors (Lipinski definition) is 2. The van der Waals surface area contributed by atoms with E-state index in [9.17, 15) is 18.8 Å². The number of carbonyl (C=O) groups is 3. The van der Waals surface area contributed by atoms with E-state index in [1.54, 1.807) is 0 Å². The molecule has 0 aliphatic carbocycles. The van der Waals surface area contributed by atoms with Crippen molar-refractivity contribution in [1.82, 2.24) is 10.2 Å². The van der Waals surface area contributed by atoms with E-state index in [1.165, 1.54) is 11.0 Å². The number of rotatable bonds is 1. The highest BCUT2D eigenvalue weighted by Crippen LogP contribution is 2.32. The van der Waals surface area contributed by atoms with Crippen molar-refractivity contribution in [2.45, 2.75) is 30.3 Å². The lowest BCUT2D eigenvalue weighted by Gasteiger charge is -2.29. The second-order valence-corrected chi connectivity index (χ2v) is 5.33. The molecule has 0 radical (unpaired) electrons. The molecule has 1 unspecified atom stereocenters. The Bertz CT molecular complexity index is 647. The molecule has 1 fully saturated rings. The molecular weight excluding hydrogens is 283 g/mol. The molecule has 1 N–H and O–H groups in total. The molecule has 1 aromatic rings. The first-order chi connectivity index (χ1) is 9.47. The van der Waals surface area contributed by atoms with Gasteiger partial charge in [-0.1, -0.05) is 0 Å². The first-order valence-corrected chi connectivity index (χ1v) is 6.58. The van der Waals surface area contributed by atoms with Crippen LogP contribution >= 0.6 is 12.6 Å². The number of halogens is 1. The van der Waals surface area contributed by atoms with Crippen LogP contribution in [0.3, 0.4) is 0 Å². The second kappa shape index (κ2) is 4.59. The fourth-order valence-electron chi connectivity index (χ4n) is 2.61. The predicted molar refractivity (Wildman–Crippen MR) is 69.7 cm³/mol. The third-order valence-corrected chi connectivity index (χ3v) is 4.00. The summed E-state index contributed by atoms with van der Waals surface area (Å²) in [5, 5.41) is 2.21. The highest BCUT2D eigenvalue weighted by atomic mass is 32.1. The van der Waals surface area contributed by atoms with Gasteiger partial charge < -0.3 is 4.90 Å². The SMILES string of the molecule is O=C1CCC(N2Cc3c(S)cc(F)cc3C2=O)C(=O)N1. The zero-order valence-electron chi connectivity index (χ0n) is 10.4. The summed E-state index contributed by atoms with van der Waals surface area (Å²) in [4.78, 5) is 37.0. The lowest BCUT2D eigenvalue weighted by molar-refractivity contribution is -0.136. The van der Waals surface area contributed by atoms with Gasteiger partial charge in [-0.05, 0) is 24.1 Å². The summed E-state index contributed by atoms with van der Waals surface area (Å²) in [5.41, 5.74) is 0.851. The van der Waals surface area contributed by atoms with Crippen molar-refractivity contribution < 1.29 is 18.8 Å². The zero-order chi connectivity index (χ0) is 14.4. The Labute approximate surface area is 119 Å². The fraction of sp³-hybridized carbons (Fsp3) is 0.308. The molecule has 2 aliphatic heterocycles. The Hall–Kier alpha value is -1.89. The van der Waals surface area contributed by atoms with E-state index in [0.717, 1.165) is 6.07 Å². The molecule has 5 nitrogen and oxygen atoms in total. The first kappa shape index (κ1) is 13.1. The number of benzene rings is 1. The average Bonchev–Trinajstić information content (AvgIpc) is 2.68. The van der Waals surface area contributed by atoms with Gasteiger partial charge in [0.05, 0.1) is 0 Å². The van der Waals surface area contributed by atoms with E-state index in [0.29, 0.717) is 10.5 Å². The Morgan fingerprint density at radius 3 is 2.75 bits per heavy atom. The van der Waals surface area contributed by atoms with Gasteiger partial charge in [-0.3, -0.25) is 19.7 Å². The van der Waals surface area contributed by atoms with E-state index < -0.39 is 23.7 Å². The molecule has 0 saturated carbocycles. The lowest BCUT2D eigenvalue weighted by Crippen LogP contribution is -2.52. The number of hydrogen-bond acceptors (Lipinski definition) is 4. The summed E-state index contributed by atoms with van der Waals surface area (Å²) in [7, 11) is 0. The van der Waals surface area contributed by atoms with Crippen LogP contribution in [-0.4, -0.2) is 28.7 Å². The van der Waals surface area contributed by atoms with E-state index in [2.05, 4.69) is 17.9 Å². The minimum atomic E-state index is -0.691. The molecule has 1 saturated heterocycles. The fourth-order valence-corrected chi connectivity index (χ4v) is 2.92. The number of amides is 3. The van der Waals surface area contributed by atoms with Gasteiger partial charge in [-0.25, -0.2) is 4.39 Å². The Balaban J connectivity index is 1.92. The van der Waals surface area contributed by atoms with Gasteiger partial charge in [-0.15, -0.1) is 12.6 Å². The van der Waals surface area contributed by atoms with Crippen molar-refractivity contribution in [3.8, 4) is 0 Å². The summed E-state index contributed by atoms with van der Waals surface area (Å²) < 4.78 is 13.3. The van der Waals surface area contributed by atoms with Crippen LogP contribution in [0.2, 0.25) is 0 Å². The van der Waals surface area contributed by atoms with E-state index in [1.807, 2.05) is 0 Å². The molecule has 1 atom stereocenters. The summed E-state index contributed by atoms with van der Waals surface area (Å²) >= 11 is 4.17. The lowest BCUT2D eigenvalue weighted by atomic mass is 10.0. The summed E-state index contributed by atoms with van der Waals surface area (Å²) in [6.45, 7) is 0.208. The van der Waals surface area contributed by atoms with Gasteiger partial charge in [0.1, 0.15) is 11.9 Å². The van der Waals surface area contributed by atoms with Gasteiger partial charge in [0.25, 0.3) is 5.91 Å². The monoisotopic (exact) mass is 294 g/mol. The number of imide groups is 1. The predicted octanol–water partition coefficient (Wildman–Crippen LogP) is 0.875. The van der Waals surface area contributed by atoms with Gasteiger partial charge in [-0.2, -0.15) is 0 Å². The van der Waals surface area contributed by atoms with Crippen molar-refractivity contribution in [2.24, 2.45) is 0 Å². The number of thiol groups is 1. The third-order valence-electron chi connectivity index (χ3n) is 3.60. The van der Waals surface area contributed by atoms with Crippen molar-refractivity contribution >= 4 is 30.4 Å². The standard InChI is InChI=1S/C13H11FN2O3S/c14-6-3-7-8(10(20)4-6)5-16(13(7)19)9-1-2-11(17)15-12(9)18/h3-4,9,20H,1-2,5H2,(H,15,17,18). The number of piperidine rings is 1. The van der Waals surface area contributed by atoms with Crippen LogP contribution < -0.4 is 5.32 Å². The molecule has 104 valence electrons. The normalized spacial score (nSPS) is 22.0. The van der Waals surface area contributed by atoms with Gasteiger partial charge in [0.2, 0.25) is 11.8 Å². The molecule has 2 aliphatic rings. The van der Waals surface area contributed by atoms with Crippen LogP contribution in [0.5, 0.6) is 0 Å². The van der Waals surface area contributed by atoms with E-state index in [-0.39, 0.29) is 30.9 Å². The van der Waals surface area contributed by atoms with Crippen LogP contribution in [0.1, 0.15) is 28.8 Å². The van der Waals surface area contributed by atoms with Crippen LogP contribution in [0.15, 0.2) is 17.0 Å². The minimum absolute atomic E-state index is 0.193. The molecule has 0 bridgehead atoms. The van der Waals surface area contributed by atoms with Gasteiger partial charge in [0, 0.05) is 23.4 Å². The summed E-state index contributed by atoms with van der Waals surface area (Å²) in [6.07, 6.45) is 0.480. The highest BCUT2D eigenvalue weighted by molar-refractivity contribution is 7.80. The molecule has 1 aromatic carbocycles. The quantitative estimate of drug-likeness (QED) is 0.597. The maximum atomic E-state index is 13.3. The van der Waals surface area contributed by atoms with Crippen LogP contribution in [-0.2, 0) is 16.1 Å². The molecule has 0 aromatic heterocycles. The molecule has 2 heterocycles. The topological polar surface area (TPSA) is 66.5 Å². The van der Waals surface area contributed by atoms with Gasteiger partial charge in [0.15, 0.2) is 0 Å². The highest BCUT2D eigenvalue weighted by Gasteiger charge is 2.39. The average molecular weight is 294 g/mol. The third kappa shape index (κ3) is 1.98. The van der Waals surface area contributed by atoms with Gasteiger partial charge >= 0.3 is 0 Å². The van der Waals surface area contributed by atoms with E-state index in [4.69, 9.17) is 0 Å². The number of fused-ring (bicyclic) bond motifs is 1. The van der Waals surface area contributed by atoms with Crippen LogP contribution in [0.4, 0.5) is 4.39 Å². The van der Waals surface area contributed by atoms with Crippen molar-refractivity contribution in [3.05, 3.63) is 29.1 Å². The molecular formula is C13H11FN2O3S. The molecule has 20 heavy (non-hydrogen) atoms. The zero-order valence-corrected chi connectivity index (χ0v) is 11.2. The Morgan fingerprint density at radius 1 is 1.30 bits per heavy atom. The number of nitrogens with zero attached hydrogens (tertiary/aromatic N) is 1. The second-order valence-electron chi connectivity index (χ2n) is 4.85. The minimum Gasteiger partial charge on any atom is -0.322 e. The van der Waals surface area contributed by atoms with Crippen molar-refractivity contribution in [1.29, 1.82) is 0 Å². The largest absolute Gasteiger partial charge is 0.322 e. The molecule has 7 heteroatoms. The molecule has 3 amide bonds. The smallest absolute Gasteiger partial charge is 0.255 e. The summed E-state index contributed by atoms with van der Waals surface area (Å²) in [6, 6.07) is 1.70. The maximum Gasteiger partial charge on any atom is 0.255 e. The first-order valence-electron chi connectivity index (χ1n) is 6.13. The maximum absolute atomic E-state index is 13.3. The van der Waals surface area contributed by atoms with Crippen LogP contribution in [0, 0.1) is 5.82 Å². The summed E-state index contributed by atoms with van der Waals surface area (Å²) in [5.74, 6) is -1.75. The van der Waals surface area contributed by atoms with Crippen molar-refractivity contribution in [3.63, 3.8) is 0 Å². The number of carbonyl (C=O) groups excluding carboxylic acids is 3. The Kier molecular flexibility index (Phi) is 3.01.